The van der Waals surface area contributed by atoms with Gasteiger partial charge in [-0.15, -0.1) is 0 Å². The van der Waals surface area contributed by atoms with Gasteiger partial charge in [0.25, 0.3) is 0 Å². The molecule has 120 valence electrons. The molecule has 1 aromatic carbocycles. The molecule has 1 heterocycles. The number of nitrogens with one attached hydrogen (secondary N) is 1. The standard InChI is InChI=1S/C13H11N3O5S2/c14-23(20,21)11-5-1-9(2-6-11)15-12(17)7-3-10-4-8-13(22-10)16(18)19/h1-8H,(H,15,17)(H2,14,20,21)/b7-3+. The topological polar surface area (TPSA) is 132 Å². The summed E-state index contributed by atoms with van der Waals surface area (Å²) in [5.74, 6) is -0.454. The first kappa shape index (κ1) is 16.8. The molecule has 0 aliphatic rings. The third-order valence-electron chi connectivity index (χ3n) is 2.64. The Labute approximate surface area is 135 Å². The number of hydrogen-bond donors (Lipinski definition) is 2. The smallest absolute Gasteiger partial charge is 0.323 e. The number of thiophene rings is 1. The summed E-state index contributed by atoms with van der Waals surface area (Å²) < 4.78 is 22.2. The van der Waals surface area contributed by atoms with E-state index in [1.807, 2.05) is 0 Å². The summed E-state index contributed by atoms with van der Waals surface area (Å²) in [5, 5.41) is 18.0. The zero-order valence-electron chi connectivity index (χ0n) is 11.5. The minimum Gasteiger partial charge on any atom is -0.323 e. The van der Waals surface area contributed by atoms with Gasteiger partial charge in [-0.2, -0.15) is 0 Å². The van der Waals surface area contributed by atoms with Gasteiger partial charge in [0.2, 0.25) is 15.9 Å². The second-order valence-corrected chi connectivity index (χ2v) is 6.98. The molecule has 0 fully saturated rings. The summed E-state index contributed by atoms with van der Waals surface area (Å²) in [5.41, 5.74) is 0.393. The summed E-state index contributed by atoms with van der Waals surface area (Å²) in [6.07, 6.45) is 2.68. The van der Waals surface area contributed by atoms with E-state index in [4.69, 9.17) is 5.14 Å². The van der Waals surface area contributed by atoms with Crippen molar-refractivity contribution in [1.82, 2.24) is 0 Å². The van der Waals surface area contributed by atoms with Crippen LogP contribution in [0.5, 0.6) is 0 Å². The number of carbonyl (C=O) groups is 1. The van der Waals surface area contributed by atoms with Crippen molar-refractivity contribution in [1.29, 1.82) is 0 Å². The lowest BCUT2D eigenvalue weighted by Crippen LogP contribution is -2.12. The quantitative estimate of drug-likeness (QED) is 0.481. The zero-order chi connectivity index (χ0) is 17.0. The average molecular weight is 353 g/mol. The molecule has 3 N–H and O–H groups in total. The summed E-state index contributed by atoms with van der Waals surface area (Å²) >= 11 is 0.947. The molecule has 0 atom stereocenters. The van der Waals surface area contributed by atoms with Gasteiger partial charge >= 0.3 is 5.00 Å². The van der Waals surface area contributed by atoms with Gasteiger partial charge in [0.05, 0.1) is 9.82 Å². The Hall–Kier alpha value is -2.56. The summed E-state index contributed by atoms with van der Waals surface area (Å²) in [6, 6.07) is 8.25. The number of benzene rings is 1. The van der Waals surface area contributed by atoms with E-state index in [9.17, 15) is 23.3 Å². The maximum Gasteiger partial charge on any atom is 0.324 e. The predicted molar refractivity (Wildman–Crippen MR) is 86.5 cm³/mol. The zero-order valence-corrected chi connectivity index (χ0v) is 13.1. The second kappa shape index (κ2) is 6.69. The summed E-state index contributed by atoms with van der Waals surface area (Å²) in [6.45, 7) is 0. The number of hydrogen-bond acceptors (Lipinski definition) is 6. The monoisotopic (exact) mass is 353 g/mol. The predicted octanol–water partition coefficient (Wildman–Crippen LogP) is 1.96. The van der Waals surface area contributed by atoms with Gasteiger partial charge in [-0.3, -0.25) is 14.9 Å². The lowest BCUT2D eigenvalue weighted by Gasteiger charge is -2.03. The molecule has 0 aliphatic heterocycles. The minimum atomic E-state index is -3.78. The highest BCUT2D eigenvalue weighted by Crippen LogP contribution is 2.24. The Bertz CT molecular complexity index is 869. The van der Waals surface area contributed by atoms with Gasteiger partial charge in [-0.25, -0.2) is 13.6 Å². The van der Waals surface area contributed by atoms with E-state index in [-0.39, 0.29) is 9.90 Å². The fourth-order valence-electron chi connectivity index (χ4n) is 1.60. The minimum absolute atomic E-state index is 0.0105. The number of anilines is 1. The van der Waals surface area contributed by atoms with E-state index in [2.05, 4.69) is 5.32 Å². The van der Waals surface area contributed by atoms with Crippen molar-refractivity contribution < 1.29 is 18.1 Å². The molecule has 23 heavy (non-hydrogen) atoms. The molecule has 2 rings (SSSR count). The first-order valence-electron chi connectivity index (χ1n) is 6.12. The van der Waals surface area contributed by atoms with E-state index in [1.165, 1.54) is 48.6 Å². The Morgan fingerprint density at radius 1 is 1.22 bits per heavy atom. The van der Waals surface area contributed by atoms with Gasteiger partial charge in [0.15, 0.2) is 0 Å². The van der Waals surface area contributed by atoms with Crippen molar-refractivity contribution in [3.05, 3.63) is 57.5 Å². The number of sulfonamides is 1. The molecule has 0 unspecified atom stereocenters. The van der Waals surface area contributed by atoms with E-state index < -0.39 is 20.9 Å². The van der Waals surface area contributed by atoms with Crippen LogP contribution in [0.4, 0.5) is 10.7 Å². The van der Waals surface area contributed by atoms with Gasteiger partial charge in [-0.05, 0) is 36.4 Å². The SMILES string of the molecule is NS(=O)(=O)c1ccc(NC(=O)/C=C/c2ccc([N+](=O)[O-])s2)cc1. The molecule has 0 spiro atoms. The van der Waals surface area contributed by atoms with Crippen LogP contribution in [0.15, 0.2) is 47.4 Å². The lowest BCUT2D eigenvalue weighted by atomic mass is 10.3. The maximum absolute atomic E-state index is 11.7. The molecular formula is C13H11N3O5S2. The fourth-order valence-corrected chi connectivity index (χ4v) is 2.84. The van der Waals surface area contributed by atoms with Gasteiger partial charge < -0.3 is 5.32 Å². The molecule has 0 saturated heterocycles. The van der Waals surface area contributed by atoms with Crippen molar-refractivity contribution in [2.45, 2.75) is 4.90 Å². The van der Waals surface area contributed by atoms with Gasteiger partial charge in [0.1, 0.15) is 0 Å². The third kappa shape index (κ3) is 4.71. The van der Waals surface area contributed by atoms with Crippen molar-refractivity contribution in [2.24, 2.45) is 5.14 Å². The van der Waals surface area contributed by atoms with Crippen LogP contribution in [0.25, 0.3) is 6.08 Å². The largest absolute Gasteiger partial charge is 0.324 e. The fraction of sp³-hybridized carbons (Fsp3) is 0. The van der Waals surface area contributed by atoms with Crippen LogP contribution in [-0.4, -0.2) is 19.2 Å². The molecule has 0 saturated carbocycles. The molecule has 1 amide bonds. The van der Waals surface area contributed by atoms with E-state index in [1.54, 1.807) is 0 Å². The lowest BCUT2D eigenvalue weighted by molar-refractivity contribution is -0.380. The van der Waals surface area contributed by atoms with Gasteiger partial charge in [0, 0.05) is 22.7 Å². The number of nitrogens with two attached hydrogens (primary N) is 1. The third-order valence-corrected chi connectivity index (χ3v) is 4.57. The molecule has 2 aromatic rings. The molecular weight excluding hydrogens is 342 g/mol. The summed E-state index contributed by atoms with van der Waals surface area (Å²) in [4.78, 5) is 22.3. The molecule has 0 bridgehead atoms. The average Bonchev–Trinajstić information content (AvgIpc) is 2.94. The number of rotatable bonds is 5. The first-order valence-corrected chi connectivity index (χ1v) is 8.48. The van der Waals surface area contributed by atoms with Crippen LogP contribution in [0.2, 0.25) is 0 Å². The number of primary sulfonamides is 1. The van der Waals surface area contributed by atoms with E-state index in [0.29, 0.717) is 10.6 Å². The van der Waals surface area contributed by atoms with Crippen LogP contribution in [0.3, 0.4) is 0 Å². The van der Waals surface area contributed by atoms with Crippen LogP contribution in [-0.2, 0) is 14.8 Å². The molecule has 1 aromatic heterocycles. The number of nitrogens with zero attached hydrogens (tertiary/aromatic N) is 1. The number of amides is 1. The van der Waals surface area contributed by atoms with Crippen molar-refractivity contribution in [2.75, 3.05) is 5.32 Å². The first-order chi connectivity index (χ1) is 10.8. The Kier molecular flexibility index (Phi) is 4.89. The highest BCUT2D eigenvalue weighted by atomic mass is 32.2. The van der Waals surface area contributed by atoms with E-state index in [0.717, 1.165) is 11.3 Å². The Morgan fingerprint density at radius 3 is 2.39 bits per heavy atom. The van der Waals surface area contributed by atoms with Crippen LogP contribution < -0.4 is 10.5 Å². The Morgan fingerprint density at radius 2 is 1.87 bits per heavy atom. The summed E-state index contributed by atoms with van der Waals surface area (Å²) in [7, 11) is -3.78. The number of nitro groups is 1. The maximum atomic E-state index is 11.7. The van der Waals surface area contributed by atoms with Crippen LogP contribution in [0.1, 0.15) is 4.88 Å². The molecule has 0 radical (unpaired) electrons. The van der Waals surface area contributed by atoms with E-state index >= 15 is 0 Å². The van der Waals surface area contributed by atoms with Crippen LogP contribution >= 0.6 is 11.3 Å². The van der Waals surface area contributed by atoms with Crippen molar-refractivity contribution in [3.8, 4) is 0 Å². The Balaban J connectivity index is 2.01. The second-order valence-electron chi connectivity index (χ2n) is 4.33. The van der Waals surface area contributed by atoms with Crippen LogP contribution in [0, 0.1) is 10.1 Å². The highest BCUT2D eigenvalue weighted by molar-refractivity contribution is 7.89. The molecule has 8 nitrogen and oxygen atoms in total. The van der Waals surface area contributed by atoms with Crippen molar-refractivity contribution in [3.63, 3.8) is 0 Å². The van der Waals surface area contributed by atoms with Gasteiger partial charge in [-0.1, -0.05) is 11.3 Å². The molecule has 0 aliphatic carbocycles. The normalized spacial score (nSPS) is 11.5. The highest BCUT2D eigenvalue weighted by Gasteiger charge is 2.09. The molecule has 10 heteroatoms. The number of carbonyl (C=O) groups excluding carboxylic acids is 1. The van der Waals surface area contributed by atoms with Crippen molar-refractivity contribution >= 4 is 44.0 Å².